The van der Waals surface area contributed by atoms with Gasteiger partial charge in [0.2, 0.25) is 5.91 Å². The fourth-order valence-corrected chi connectivity index (χ4v) is 2.32. The zero-order valence-corrected chi connectivity index (χ0v) is 12.2. The fourth-order valence-electron chi connectivity index (χ4n) is 2.32. The molecular formula is C16H11F2N3O3. The van der Waals surface area contributed by atoms with Gasteiger partial charge in [-0.05, 0) is 24.3 Å². The van der Waals surface area contributed by atoms with Gasteiger partial charge in [0.05, 0.1) is 11.0 Å². The van der Waals surface area contributed by atoms with Gasteiger partial charge in [-0.1, -0.05) is 18.2 Å². The monoisotopic (exact) mass is 331 g/mol. The maximum absolute atomic E-state index is 13.6. The molecule has 122 valence electrons. The standard InChI is InChI=1S/C16H11F2N3O3/c17-9-4-3-5-10(18)14(9)20-13(22)8-21-12-7-2-1-6-11(12)19-15(23)16(21)24/h1-7H,8H2,(H,19,23)(H,20,22). The van der Waals surface area contributed by atoms with Crippen molar-refractivity contribution in [2.45, 2.75) is 6.54 Å². The summed E-state index contributed by atoms with van der Waals surface area (Å²) in [6, 6.07) is 9.55. The number of halogens is 2. The third-order valence-electron chi connectivity index (χ3n) is 3.41. The average molecular weight is 331 g/mol. The minimum Gasteiger partial charge on any atom is -0.320 e. The molecule has 0 saturated heterocycles. The van der Waals surface area contributed by atoms with Crippen molar-refractivity contribution < 1.29 is 13.6 Å². The van der Waals surface area contributed by atoms with Crippen LogP contribution in [0.25, 0.3) is 11.0 Å². The molecule has 6 nitrogen and oxygen atoms in total. The van der Waals surface area contributed by atoms with Gasteiger partial charge in [-0.2, -0.15) is 0 Å². The number of amides is 1. The molecule has 0 aliphatic rings. The van der Waals surface area contributed by atoms with E-state index in [9.17, 15) is 23.2 Å². The SMILES string of the molecule is O=C(Cn1c(=O)c(=O)[nH]c2ccccc21)Nc1c(F)cccc1F. The second-order valence-electron chi connectivity index (χ2n) is 5.01. The first-order chi connectivity index (χ1) is 11.5. The maximum Gasteiger partial charge on any atom is 0.317 e. The van der Waals surface area contributed by atoms with Crippen molar-refractivity contribution in [2.75, 3.05) is 5.32 Å². The molecule has 1 aromatic heterocycles. The Hall–Kier alpha value is -3.29. The van der Waals surface area contributed by atoms with E-state index in [0.29, 0.717) is 11.0 Å². The van der Waals surface area contributed by atoms with Gasteiger partial charge in [-0.25, -0.2) is 8.78 Å². The molecular weight excluding hydrogens is 320 g/mol. The third-order valence-corrected chi connectivity index (χ3v) is 3.41. The Bertz CT molecular complexity index is 1040. The molecule has 3 aromatic rings. The summed E-state index contributed by atoms with van der Waals surface area (Å²) in [6.45, 7) is -0.558. The molecule has 1 amide bonds. The molecule has 1 heterocycles. The quantitative estimate of drug-likeness (QED) is 0.715. The summed E-state index contributed by atoms with van der Waals surface area (Å²) in [5.74, 6) is -2.71. The van der Waals surface area contributed by atoms with Gasteiger partial charge in [-0.15, -0.1) is 0 Å². The Morgan fingerprint density at radius 3 is 2.42 bits per heavy atom. The lowest BCUT2D eigenvalue weighted by atomic mass is 10.2. The van der Waals surface area contributed by atoms with Gasteiger partial charge >= 0.3 is 11.1 Å². The Morgan fingerprint density at radius 2 is 1.71 bits per heavy atom. The molecule has 2 N–H and O–H groups in total. The summed E-state index contributed by atoms with van der Waals surface area (Å²) in [5, 5.41) is 2.08. The number of nitrogens with one attached hydrogen (secondary N) is 2. The van der Waals surface area contributed by atoms with Gasteiger partial charge in [0.15, 0.2) is 0 Å². The molecule has 0 spiro atoms. The number of H-pyrrole nitrogens is 1. The lowest BCUT2D eigenvalue weighted by molar-refractivity contribution is -0.116. The summed E-state index contributed by atoms with van der Waals surface area (Å²) in [7, 11) is 0. The minimum atomic E-state index is -0.938. The van der Waals surface area contributed by atoms with Crippen LogP contribution >= 0.6 is 0 Å². The topological polar surface area (TPSA) is 84.0 Å². The Morgan fingerprint density at radius 1 is 1.04 bits per heavy atom. The molecule has 0 unspecified atom stereocenters. The number of rotatable bonds is 3. The zero-order chi connectivity index (χ0) is 17.3. The molecule has 0 radical (unpaired) electrons. The van der Waals surface area contributed by atoms with E-state index in [1.54, 1.807) is 24.3 Å². The molecule has 0 aliphatic carbocycles. The molecule has 24 heavy (non-hydrogen) atoms. The second kappa shape index (κ2) is 6.07. The molecule has 8 heteroatoms. The molecule has 0 saturated carbocycles. The summed E-state index contributed by atoms with van der Waals surface area (Å²) in [6.07, 6.45) is 0. The van der Waals surface area contributed by atoms with Gasteiger partial charge < -0.3 is 10.3 Å². The smallest absolute Gasteiger partial charge is 0.317 e. The van der Waals surface area contributed by atoms with Gasteiger partial charge in [0.25, 0.3) is 0 Å². The number of aromatic amines is 1. The van der Waals surface area contributed by atoms with Crippen LogP contribution in [-0.4, -0.2) is 15.5 Å². The van der Waals surface area contributed by atoms with E-state index in [-0.39, 0.29) is 0 Å². The predicted octanol–water partition coefficient (Wildman–Crippen LogP) is 1.61. The van der Waals surface area contributed by atoms with Gasteiger partial charge in [0.1, 0.15) is 23.9 Å². The van der Waals surface area contributed by atoms with E-state index in [1.807, 2.05) is 0 Å². The highest BCUT2D eigenvalue weighted by molar-refractivity contribution is 5.91. The second-order valence-corrected chi connectivity index (χ2v) is 5.01. The zero-order valence-electron chi connectivity index (χ0n) is 12.2. The van der Waals surface area contributed by atoms with Crippen LogP contribution < -0.4 is 16.4 Å². The summed E-state index contributed by atoms with van der Waals surface area (Å²) in [4.78, 5) is 38.1. The summed E-state index contributed by atoms with van der Waals surface area (Å²) < 4.78 is 28.1. The average Bonchev–Trinajstić information content (AvgIpc) is 2.55. The van der Waals surface area contributed by atoms with E-state index < -0.39 is 40.9 Å². The Kier molecular flexibility index (Phi) is 3.95. The number of anilines is 1. The van der Waals surface area contributed by atoms with Crippen LogP contribution in [0, 0.1) is 11.6 Å². The fraction of sp³-hybridized carbons (Fsp3) is 0.0625. The summed E-state index contributed by atoms with van der Waals surface area (Å²) >= 11 is 0. The number of carbonyl (C=O) groups is 1. The van der Waals surface area contributed by atoms with Crippen molar-refractivity contribution >= 4 is 22.6 Å². The Labute approximate surface area is 133 Å². The normalized spacial score (nSPS) is 10.8. The van der Waals surface area contributed by atoms with Gasteiger partial charge in [0, 0.05) is 0 Å². The molecule has 0 fully saturated rings. The van der Waals surface area contributed by atoms with E-state index in [4.69, 9.17) is 0 Å². The van der Waals surface area contributed by atoms with Crippen LogP contribution in [0.15, 0.2) is 52.1 Å². The largest absolute Gasteiger partial charge is 0.320 e. The maximum atomic E-state index is 13.6. The van der Waals surface area contributed by atoms with E-state index in [2.05, 4.69) is 10.3 Å². The van der Waals surface area contributed by atoms with E-state index in [1.165, 1.54) is 0 Å². The highest BCUT2D eigenvalue weighted by Gasteiger charge is 2.15. The number of fused-ring (bicyclic) bond motifs is 1. The van der Waals surface area contributed by atoms with Crippen LogP contribution in [0.2, 0.25) is 0 Å². The number of aromatic nitrogens is 2. The Balaban J connectivity index is 1.98. The number of nitrogens with zero attached hydrogens (tertiary/aromatic N) is 1. The minimum absolute atomic E-state index is 0.325. The highest BCUT2D eigenvalue weighted by atomic mass is 19.1. The van der Waals surface area contributed by atoms with Crippen LogP contribution in [-0.2, 0) is 11.3 Å². The van der Waals surface area contributed by atoms with Crippen molar-refractivity contribution in [1.82, 2.24) is 9.55 Å². The lowest BCUT2D eigenvalue weighted by Crippen LogP contribution is -2.38. The van der Waals surface area contributed by atoms with Crippen LogP contribution in [0.4, 0.5) is 14.5 Å². The van der Waals surface area contributed by atoms with Crippen LogP contribution in [0.5, 0.6) is 0 Å². The summed E-state index contributed by atoms with van der Waals surface area (Å²) in [5.41, 5.74) is -1.74. The number of carbonyl (C=O) groups excluding carboxylic acids is 1. The van der Waals surface area contributed by atoms with Crippen molar-refractivity contribution in [3.05, 3.63) is 74.8 Å². The van der Waals surface area contributed by atoms with Crippen molar-refractivity contribution in [3.8, 4) is 0 Å². The molecule has 3 rings (SSSR count). The molecule has 0 atom stereocenters. The lowest BCUT2D eigenvalue weighted by Gasteiger charge is -2.11. The number of para-hydroxylation sites is 3. The van der Waals surface area contributed by atoms with Crippen LogP contribution in [0.3, 0.4) is 0 Å². The van der Waals surface area contributed by atoms with Crippen molar-refractivity contribution in [1.29, 1.82) is 0 Å². The van der Waals surface area contributed by atoms with Crippen LogP contribution in [0.1, 0.15) is 0 Å². The van der Waals surface area contributed by atoms with Crippen molar-refractivity contribution in [2.24, 2.45) is 0 Å². The third kappa shape index (κ3) is 2.81. The first-order valence-electron chi connectivity index (χ1n) is 6.93. The van der Waals surface area contributed by atoms with Crippen molar-refractivity contribution in [3.63, 3.8) is 0 Å². The predicted molar refractivity (Wildman–Crippen MR) is 83.8 cm³/mol. The number of benzene rings is 2. The molecule has 0 bridgehead atoms. The highest BCUT2D eigenvalue weighted by Crippen LogP contribution is 2.18. The van der Waals surface area contributed by atoms with E-state index in [0.717, 1.165) is 22.8 Å². The first-order valence-corrected chi connectivity index (χ1v) is 6.93. The first kappa shape index (κ1) is 15.6. The number of hydrogen-bond donors (Lipinski definition) is 2. The number of hydrogen-bond acceptors (Lipinski definition) is 3. The van der Waals surface area contributed by atoms with Gasteiger partial charge in [-0.3, -0.25) is 19.0 Å². The van der Waals surface area contributed by atoms with E-state index >= 15 is 0 Å². The molecule has 0 aliphatic heterocycles. The molecule has 2 aromatic carbocycles.